The molecular weight excluding hydrogens is 475 g/mol. The smallest absolute Gasteiger partial charge is 0.416 e. The van der Waals surface area contributed by atoms with Crippen LogP contribution in [-0.2, 0) is 23.1 Å². The fourth-order valence-electron chi connectivity index (χ4n) is 4.58. The highest BCUT2D eigenvalue weighted by Gasteiger charge is 2.50. The number of halogens is 3. The number of fused-ring (bicyclic) bond motifs is 1. The van der Waals surface area contributed by atoms with Crippen molar-refractivity contribution in [2.75, 3.05) is 13.7 Å². The SMILES string of the molecule is COc1ccc2c(c1)C(=O)N(C[C@@]1(c3ccc(-c4ccc(C(F)(F)F)cc4)cc3)NC(=O)NC1=O)C2. The van der Waals surface area contributed by atoms with Crippen molar-refractivity contribution in [1.82, 2.24) is 15.5 Å². The summed E-state index contributed by atoms with van der Waals surface area (Å²) in [6, 6.07) is 15.8. The van der Waals surface area contributed by atoms with Gasteiger partial charge in [-0.25, -0.2) is 4.79 Å². The highest BCUT2D eigenvalue weighted by molar-refractivity contribution is 6.08. The van der Waals surface area contributed by atoms with Crippen molar-refractivity contribution in [3.05, 3.63) is 89.0 Å². The maximum absolute atomic E-state index is 13.1. The molecule has 2 aliphatic heterocycles. The van der Waals surface area contributed by atoms with Crippen molar-refractivity contribution in [2.24, 2.45) is 0 Å². The molecule has 3 aromatic rings. The van der Waals surface area contributed by atoms with Crippen molar-refractivity contribution in [3.8, 4) is 16.9 Å². The molecule has 1 atom stereocenters. The van der Waals surface area contributed by atoms with Gasteiger partial charge in [0.05, 0.1) is 19.2 Å². The van der Waals surface area contributed by atoms with Crippen LogP contribution in [0.15, 0.2) is 66.7 Å². The molecule has 10 heteroatoms. The summed E-state index contributed by atoms with van der Waals surface area (Å²) in [7, 11) is 1.50. The Balaban J connectivity index is 1.44. The first-order chi connectivity index (χ1) is 17.1. The Morgan fingerprint density at radius 1 is 0.944 bits per heavy atom. The van der Waals surface area contributed by atoms with Gasteiger partial charge in [0, 0.05) is 12.1 Å². The van der Waals surface area contributed by atoms with E-state index in [2.05, 4.69) is 10.6 Å². The second-order valence-electron chi connectivity index (χ2n) is 8.65. The Morgan fingerprint density at radius 3 is 2.14 bits per heavy atom. The molecular formula is C26H20F3N3O4. The Bertz CT molecular complexity index is 1370. The number of hydrogen-bond donors (Lipinski definition) is 2. The number of rotatable bonds is 5. The summed E-state index contributed by atoms with van der Waals surface area (Å²) in [4.78, 5) is 39.7. The van der Waals surface area contributed by atoms with Crippen LogP contribution in [0.2, 0.25) is 0 Å². The zero-order valence-electron chi connectivity index (χ0n) is 19.0. The number of nitrogens with zero attached hydrogens (tertiary/aromatic N) is 1. The molecule has 0 spiro atoms. The summed E-state index contributed by atoms with van der Waals surface area (Å²) in [6.07, 6.45) is -4.43. The van der Waals surface area contributed by atoms with Crippen LogP contribution < -0.4 is 15.4 Å². The average molecular weight is 495 g/mol. The summed E-state index contributed by atoms with van der Waals surface area (Å²) < 4.78 is 43.8. The molecule has 0 radical (unpaired) electrons. The van der Waals surface area contributed by atoms with Crippen LogP contribution in [-0.4, -0.2) is 36.4 Å². The molecule has 0 aromatic heterocycles. The third-order valence-corrected chi connectivity index (χ3v) is 6.49. The van der Waals surface area contributed by atoms with Crippen molar-refractivity contribution < 1.29 is 32.3 Å². The first-order valence-corrected chi connectivity index (χ1v) is 11.0. The number of carbonyl (C=O) groups excluding carboxylic acids is 3. The van der Waals surface area contributed by atoms with Gasteiger partial charge in [-0.3, -0.25) is 14.9 Å². The largest absolute Gasteiger partial charge is 0.497 e. The van der Waals surface area contributed by atoms with E-state index < -0.39 is 29.2 Å². The number of amides is 4. The van der Waals surface area contributed by atoms with Crippen LogP contribution >= 0.6 is 0 Å². The maximum atomic E-state index is 13.1. The van der Waals surface area contributed by atoms with Crippen molar-refractivity contribution in [3.63, 3.8) is 0 Å². The lowest BCUT2D eigenvalue weighted by atomic mass is 9.88. The van der Waals surface area contributed by atoms with E-state index in [-0.39, 0.29) is 19.0 Å². The van der Waals surface area contributed by atoms with E-state index in [1.54, 1.807) is 42.5 Å². The highest BCUT2D eigenvalue weighted by atomic mass is 19.4. The minimum atomic E-state index is -4.43. The molecule has 36 heavy (non-hydrogen) atoms. The van der Waals surface area contributed by atoms with Crippen molar-refractivity contribution in [1.29, 1.82) is 0 Å². The summed E-state index contributed by atoms with van der Waals surface area (Å²) in [6.45, 7) is 0.146. The summed E-state index contributed by atoms with van der Waals surface area (Å²) in [5, 5.41) is 4.92. The minimum absolute atomic E-state index is 0.111. The van der Waals surface area contributed by atoms with Crippen LogP contribution in [0.1, 0.15) is 27.0 Å². The van der Waals surface area contributed by atoms with Gasteiger partial charge < -0.3 is 15.0 Å². The number of urea groups is 1. The topological polar surface area (TPSA) is 87.7 Å². The van der Waals surface area contributed by atoms with Crippen LogP contribution in [0, 0.1) is 0 Å². The normalized spacial score (nSPS) is 19.2. The predicted molar refractivity (Wildman–Crippen MR) is 123 cm³/mol. The molecule has 0 unspecified atom stereocenters. The second kappa shape index (κ2) is 8.40. The van der Waals surface area contributed by atoms with E-state index >= 15 is 0 Å². The van der Waals surface area contributed by atoms with Gasteiger partial charge in [0.2, 0.25) is 0 Å². The van der Waals surface area contributed by atoms with Crippen LogP contribution in [0.4, 0.5) is 18.0 Å². The number of carbonyl (C=O) groups is 3. The maximum Gasteiger partial charge on any atom is 0.416 e. The number of ether oxygens (including phenoxy) is 1. The van der Waals surface area contributed by atoms with Gasteiger partial charge in [-0.1, -0.05) is 42.5 Å². The second-order valence-corrected chi connectivity index (χ2v) is 8.65. The minimum Gasteiger partial charge on any atom is -0.497 e. The van der Waals surface area contributed by atoms with Crippen LogP contribution in [0.25, 0.3) is 11.1 Å². The molecule has 1 fully saturated rings. The number of imide groups is 1. The summed E-state index contributed by atoms with van der Waals surface area (Å²) in [5.41, 5.74) is 0.582. The van der Waals surface area contributed by atoms with Crippen molar-refractivity contribution in [2.45, 2.75) is 18.3 Å². The van der Waals surface area contributed by atoms with E-state index in [0.717, 1.165) is 17.7 Å². The van der Waals surface area contributed by atoms with Gasteiger partial charge >= 0.3 is 12.2 Å². The van der Waals surface area contributed by atoms with E-state index in [0.29, 0.717) is 28.0 Å². The van der Waals surface area contributed by atoms with E-state index in [1.165, 1.54) is 24.1 Å². The first-order valence-electron chi connectivity index (χ1n) is 11.0. The standard InChI is InChI=1S/C26H20F3N3O4/c1-36-20-11-6-17-13-32(22(33)21(17)12-20)14-25(23(34)30-24(35)31-25)18-7-2-15(3-8-18)16-4-9-19(10-5-16)26(27,28)29/h2-12H,13-14H2,1H3,(H2,30,31,34,35)/t25-/m0/s1. The molecule has 2 aliphatic rings. The van der Waals surface area contributed by atoms with Crippen molar-refractivity contribution >= 4 is 17.8 Å². The number of alkyl halides is 3. The van der Waals surface area contributed by atoms with E-state index in [1.807, 2.05) is 0 Å². The van der Waals surface area contributed by atoms with E-state index in [9.17, 15) is 27.6 Å². The Labute approximate surface area is 203 Å². The molecule has 7 nitrogen and oxygen atoms in total. The molecule has 184 valence electrons. The zero-order chi connectivity index (χ0) is 25.7. The number of benzene rings is 3. The van der Waals surface area contributed by atoms with Gasteiger partial charge in [0.1, 0.15) is 5.75 Å². The lowest BCUT2D eigenvalue weighted by Crippen LogP contribution is -2.52. The van der Waals surface area contributed by atoms with Crippen LogP contribution in [0.5, 0.6) is 5.75 Å². The fraction of sp³-hybridized carbons (Fsp3) is 0.192. The van der Waals surface area contributed by atoms with Gasteiger partial charge in [-0.15, -0.1) is 0 Å². The molecule has 4 amide bonds. The highest BCUT2D eigenvalue weighted by Crippen LogP contribution is 2.34. The molecule has 2 N–H and O–H groups in total. The summed E-state index contributed by atoms with van der Waals surface area (Å²) >= 11 is 0. The molecule has 0 aliphatic carbocycles. The monoisotopic (exact) mass is 495 g/mol. The van der Waals surface area contributed by atoms with E-state index in [4.69, 9.17) is 4.74 Å². The van der Waals surface area contributed by atoms with Gasteiger partial charge in [-0.05, 0) is 46.5 Å². The lowest BCUT2D eigenvalue weighted by molar-refractivity contribution is -0.137. The lowest BCUT2D eigenvalue weighted by Gasteiger charge is -2.31. The number of methoxy groups -OCH3 is 1. The van der Waals surface area contributed by atoms with Gasteiger partial charge in [-0.2, -0.15) is 13.2 Å². The predicted octanol–water partition coefficient (Wildman–Crippen LogP) is 4.07. The Kier molecular flexibility index (Phi) is 5.46. The molecule has 0 saturated carbocycles. The Morgan fingerprint density at radius 2 is 1.58 bits per heavy atom. The molecule has 1 saturated heterocycles. The fourth-order valence-corrected chi connectivity index (χ4v) is 4.58. The first kappa shape index (κ1) is 23.4. The third kappa shape index (κ3) is 3.94. The molecule has 2 heterocycles. The van der Waals surface area contributed by atoms with Crippen LogP contribution in [0.3, 0.4) is 0 Å². The molecule has 5 rings (SSSR count). The van der Waals surface area contributed by atoms with Gasteiger partial charge in [0.25, 0.3) is 11.8 Å². The van der Waals surface area contributed by atoms with Gasteiger partial charge in [0.15, 0.2) is 5.54 Å². The molecule has 0 bridgehead atoms. The molecule has 3 aromatic carbocycles. The zero-order valence-corrected chi connectivity index (χ0v) is 19.0. The quantitative estimate of drug-likeness (QED) is 0.523. The number of hydrogen-bond acceptors (Lipinski definition) is 4. The summed E-state index contributed by atoms with van der Waals surface area (Å²) in [5.74, 6) is -0.362. The Hall–Kier alpha value is -4.34. The third-order valence-electron chi connectivity index (χ3n) is 6.49. The average Bonchev–Trinajstić information content (AvgIpc) is 3.33. The number of nitrogens with one attached hydrogen (secondary N) is 2.